The molecule has 1 heterocycles. The minimum Gasteiger partial charge on any atom is -0.370 e. The summed E-state index contributed by atoms with van der Waals surface area (Å²) in [7, 11) is 1.74. The molecule has 0 spiro atoms. The highest BCUT2D eigenvalue weighted by Gasteiger charge is 2.40. The van der Waals surface area contributed by atoms with Gasteiger partial charge in [-0.25, -0.2) is 0 Å². The lowest BCUT2D eigenvalue weighted by atomic mass is 10.0. The number of anilines is 1. The standard InChI is InChI=1S/C16H21F3N2/c1-20-8-11-5-6-15(14(7-11)16(17,18)19)21-9-12-3-2-4-13(12)10-21/h5-7,12-13,20H,2-4,8-10H2,1H3. The van der Waals surface area contributed by atoms with Crippen molar-refractivity contribution >= 4 is 5.69 Å². The molecule has 0 radical (unpaired) electrons. The van der Waals surface area contributed by atoms with Crippen LogP contribution in [0, 0.1) is 11.8 Å². The summed E-state index contributed by atoms with van der Waals surface area (Å²) in [6.45, 7) is 2.01. The highest BCUT2D eigenvalue weighted by atomic mass is 19.4. The Bertz CT molecular complexity index is 501. The van der Waals surface area contributed by atoms with Gasteiger partial charge in [-0.1, -0.05) is 12.5 Å². The van der Waals surface area contributed by atoms with Crippen LogP contribution in [0.1, 0.15) is 30.4 Å². The van der Waals surface area contributed by atoms with E-state index in [1.807, 2.05) is 4.90 Å². The van der Waals surface area contributed by atoms with E-state index in [4.69, 9.17) is 0 Å². The zero-order valence-electron chi connectivity index (χ0n) is 12.2. The third kappa shape index (κ3) is 2.89. The van der Waals surface area contributed by atoms with Crippen LogP contribution in [0.5, 0.6) is 0 Å². The van der Waals surface area contributed by atoms with Crippen molar-refractivity contribution in [2.75, 3.05) is 25.0 Å². The molecule has 2 atom stereocenters. The van der Waals surface area contributed by atoms with Crippen molar-refractivity contribution in [3.8, 4) is 0 Å². The van der Waals surface area contributed by atoms with Crippen LogP contribution in [-0.2, 0) is 12.7 Å². The van der Waals surface area contributed by atoms with Gasteiger partial charge in [0.1, 0.15) is 0 Å². The molecule has 1 saturated carbocycles. The molecule has 116 valence electrons. The van der Waals surface area contributed by atoms with Crippen molar-refractivity contribution in [2.24, 2.45) is 11.8 Å². The first kappa shape index (κ1) is 14.7. The quantitative estimate of drug-likeness (QED) is 0.916. The van der Waals surface area contributed by atoms with Gasteiger partial charge in [-0.3, -0.25) is 0 Å². The molecule has 3 rings (SSSR count). The number of alkyl halides is 3. The Morgan fingerprint density at radius 1 is 1.19 bits per heavy atom. The maximum Gasteiger partial charge on any atom is 0.418 e. The van der Waals surface area contributed by atoms with Gasteiger partial charge in [-0.15, -0.1) is 0 Å². The summed E-state index contributed by atoms with van der Waals surface area (Å²) in [4.78, 5) is 1.94. The second-order valence-corrected chi connectivity index (χ2v) is 6.24. The monoisotopic (exact) mass is 298 g/mol. The van der Waals surface area contributed by atoms with Crippen molar-refractivity contribution < 1.29 is 13.2 Å². The molecule has 21 heavy (non-hydrogen) atoms. The predicted molar refractivity (Wildman–Crippen MR) is 77.3 cm³/mol. The van der Waals surface area contributed by atoms with E-state index in [9.17, 15) is 13.2 Å². The lowest BCUT2D eigenvalue weighted by Gasteiger charge is -2.24. The van der Waals surface area contributed by atoms with Crippen molar-refractivity contribution in [3.63, 3.8) is 0 Å². The molecule has 0 bridgehead atoms. The fraction of sp³-hybridized carbons (Fsp3) is 0.625. The molecule has 2 aliphatic rings. The van der Waals surface area contributed by atoms with Gasteiger partial charge in [0.05, 0.1) is 5.56 Å². The summed E-state index contributed by atoms with van der Waals surface area (Å²) in [5.41, 5.74) is 0.542. The second-order valence-electron chi connectivity index (χ2n) is 6.24. The topological polar surface area (TPSA) is 15.3 Å². The molecule has 0 aromatic heterocycles. The lowest BCUT2D eigenvalue weighted by molar-refractivity contribution is -0.137. The molecule has 1 saturated heterocycles. The summed E-state index contributed by atoms with van der Waals surface area (Å²) in [5.74, 6) is 1.17. The fourth-order valence-electron chi connectivity index (χ4n) is 3.83. The number of rotatable bonds is 3. The summed E-state index contributed by atoms with van der Waals surface area (Å²) in [6.07, 6.45) is -0.728. The van der Waals surface area contributed by atoms with Gasteiger partial charge in [-0.05, 0) is 49.4 Å². The van der Waals surface area contributed by atoms with Crippen LogP contribution < -0.4 is 10.2 Å². The third-order valence-corrected chi connectivity index (χ3v) is 4.81. The normalized spacial score (nSPS) is 25.4. The van der Waals surface area contributed by atoms with Crippen molar-refractivity contribution in [3.05, 3.63) is 29.3 Å². The van der Waals surface area contributed by atoms with Crippen LogP contribution in [0.25, 0.3) is 0 Å². The van der Waals surface area contributed by atoms with Crippen LogP contribution >= 0.6 is 0 Å². The van der Waals surface area contributed by atoms with E-state index >= 15 is 0 Å². The summed E-state index contributed by atoms with van der Waals surface area (Å²) in [6, 6.07) is 4.74. The first-order valence-corrected chi connectivity index (χ1v) is 7.58. The second kappa shape index (κ2) is 5.52. The van der Waals surface area contributed by atoms with Gasteiger partial charge >= 0.3 is 6.18 Å². The van der Waals surface area contributed by atoms with Crippen molar-refractivity contribution in [1.82, 2.24) is 5.32 Å². The summed E-state index contributed by atoms with van der Waals surface area (Å²) < 4.78 is 40.1. The number of benzene rings is 1. The molecule has 2 unspecified atom stereocenters. The molecule has 0 amide bonds. The van der Waals surface area contributed by atoms with E-state index in [2.05, 4.69) is 5.32 Å². The maximum atomic E-state index is 13.4. The molecule has 1 N–H and O–H groups in total. The van der Waals surface area contributed by atoms with Gasteiger partial charge in [0, 0.05) is 25.3 Å². The van der Waals surface area contributed by atoms with Gasteiger partial charge in [0.2, 0.25) is 0 Å². The molecule has 1 aliphatic carbocycles. The van der Waals surface area contributed by atoms with Crippen LogP contribution in [0.2, 0.25) is 0 Å². The van der Waals surface area contributed by atoms with Gasteiger partial charge in [0.25, 0.3) is 0 Å². The highest BCUT2D eigenvalue weighted by Crippen LogP contribution is 2.43. The fourth-order valence-corrected chi connectivity index (χ4v) is 3.83. The first-order valence-electron chi connectivity index (χ1n) is 7.58. The SMILES string of the molecule is CNCc1ccc(N2CC3CCCC3C2)c(C(F)(F)F)c1. The van der Waals surface area contributed by atoms with E-state index in [0.29, 0.717) is 29.6 Å². The molecule has 1 aliphatic heterocycles. The lowest BCUT2D eigenvalue weighted by Crippen LogP contribution is -2.24. The van der Waals surface area contributed by atoms with E-state index in [-0.39, 0.29) is 0 Å². The highest BCUT2D eigenvalue weighted by molar-refractivity contribution is 5.57. The number of hydrogen-bond acceptors (Lipinski definition) is 2. The summed E-state index contributed by atoms with van der Waals surface area (Å²) in [5, 5.41) is 2.90. The smallest absolute Gasteiger partial charge is 0.370 e. The van der Waals surface area contributed by atoms with Crippen molar-refractivity contribution in [2.45, 2.75) is 32.0 Å². The average Bonchev–Trinajstić information content (AvgIpc) is 2.98. The molecule has 1 aromatic carbocycles. The van der Waals surface area contributed by atoms with E-state index in [1.165, 1.54) is 25.3 Å². The molecular weight excluding hydrogens is 277 g/mol. The van der Waals surface area contributed by atoms with E-state index in [1.54, 1.807) is 19.2 Å². The van der Waals surface area contributed by atoms with Crippen molar-refractivity contribution in [1.29, 1.82) is 0 Å². The molecule has 1 aromatic rings. The Hall–Kier alpha value is -1.23. The van der Waals surface area contributed by atoms with Crippen LogP contribution in [0.3, 0.4) is 0 Å². The zero-order valence-corrected chi connectivity index (χ0v) is 12.2. The minimum absolute atomic E-state index is 0.358. The largest absolute Gasteiger partial charge is 0.418 e. The van der Waals surface area contributed by atoms with Crippen LogP contribution in [0.4, 0.5) is 18.9 Å². The number of fused-ring (bicyclic) bond motifs is 1. The Balaban J connectivity index is 1.90. The Morgan fingerprint density at radius 3 is 2.43 bits per heavy atom. The molecule has 2 nitrogen and oxygen atoms in total. The third-order valence-electron chi connectivity index (χ3n) is 4.81. The molecule has 2 fully saturated rings. The molecule has 5 heteroatoms. The minimum atomic E-state index is -4.29. The average molecular weight is 298 g/mol. The Labute approximate surface area is 123 Å². The first-order chi connectivity index (χ1) is 9.99. The van der Waals surface area contributed by atoms with Gasteiger partial charge in [0.15, 0.2) is 0 Å². The number of halogens is 3. The number of nitrogens with zero attached hydrogens (tertiary/aromatic N) is 1. The number of hydrogen-bond donors (Lipinski definition) is 1. The Kier molecular flexibility index (Phi) is 3.86. The molecular formula is C16H21F3N2. The van der Waals surface area contributed by atoms with Crippen LogP contribution in [0.15, 0.2) is 18.2 Å². The van der Waals surface area contributed by atoms with Gasteiger partial charge < -0.3 is 10.2 Å². The summed E-state index contributed by atoms with van der Waals surface area (Å²) >= 11 is 0. The Morgan fingerprint density at radius 2 is 1.86 bits per heavy atom. The predicted octanol–water partition coefficient (Wildman–Crippen LogP) is 3.66. The number of nitrogens with one attached hydrogen (secondary N) is 1. The zero-order chi connectivity index (χ0) is 15.0. The van der Waals surface area contributed by atoms with E-state index in [0.717, 1.165) is 13.1 Å². The van der Waals surface area contributed by atoms with Gasteiger partial charge in [-0.2, -0.15) is 13.2 Å². The van der Waals surface area contributed by atoms with Crippen LogP contribution in [-0.4, -0.2) is 20.1 Å². The van der Waals surface area contributed by atoms with E-state index < -0.39 is 11.7 Å². The maximum absolute atomic E-state index is 13.4.